The van der Waals surface area contributed by atoms with E-state index in [1.807, 2.05) is 19.2 Å². The van der Waals surface area contributed by atoms with Crippen molar-refractivity contribution in [2.45, 2.75) is 70.2 Å². The molecular formula is C25H30F4N6O. The number of pyridine rings is 2. The van der Waals surface area contributed by atoms with Crippen molar-refractivity contribution < 1.29 is 22.3 Å². The maximum atomic E-state index is 14.4. The van der Waals surface area contributed by atoms with Gasteiger partial charge in [0, 0.05) is 38.1 Å². The molecule has 0 atom stereocenters. The molecule has 3 aromatic rings. The molecule has 36 heavy (non-hydrogen) atoms. The average Bonchev–Trinajstić information content (AvgIpc) is 3.25. The molecule has 2 aliphatic rings. The van der Waals surface area contributed by atoms with Gasteiger partial charge in [0.05, 0.1) is 22.5 Å². The lowest BCUT2D eigenvalue weighted by molar-refractivity contribution is -0.140. The summed E-state index contributed by atoms with van der Waals surface area (Å²) < 4.78 is 61.2. The summed E-state index contributed by atoms with van der Waals surface area (Å²) in [5, 5.41) is 9.32. The Hall–Kier alpha value is -3.11. The lowest BCUT2D eigenvalue weighted by Gasteiger charge is -2.30. The molecule has 1 aliphatic carbocycles. The predicted octanol–water partition coefficient (Wildman–Crippen LogP) is 5.97. The highest BCUT2D eigenvalue weighted by Gasteiger charge is 2.36. The van der Waals surface area contributed by atoms with Gasteiger partial charge >= 0.3 is 6.18 Å². The molecular weight excluding hydrogens is 476 g/mol. The molecule has 5 rings (SSSR count). The highest BCUT2D eigenvalue weighted by Crippen LogP contribution is 2.38. The van der Waals surface area contributed by atoms with Crippen LogP contribution in [0, 0.1) is 5.82 Å². The maximum Gasteiger partial charge on any atom is 0.419 e. The van der Waals surface area contributed by atoms with Gasteiger partial charge in [0.15, 0.2) is 11.6 Å². The number of hydrogen-bond acceptors (Lipinski definition) is 6. The van der Waals surface area contributed by atoms with Gasteiger partial charge in [-0.15, -0.1) is 0 Å². The van der Waals surface area contributed by atoms with Crippen molar-refractivity contribution in [3.63, 3.8) is 0 Å². The van der Waals surface area contributed by atoms with Crippen LogP contribution in [0.25, 0.3) is 10.9 Å². The molecule has 1 N–H and O–H groups in total. The van der Waals surface area contributed by atoms with E-state index in [2.05, 4.69) is 24.9 Å². The van der Waals surface area contributed by atoms with E-state index in [1.165, 1.54) is 6.42 Å². The van der Waals surface area contributed by atoms with Gasteiger partial charge in [-0.05, 0) is 57.9 Å². The van der Waals surface area contributed by atoms with Gasteiger partial charge in [0.2, 0.25) is 0 Å². The smallest absolute Gasteiger partial charge is 0.419 e. The molecule has 4 heterocycles. The number of hydrogen-bond donors (Lipinski definition) is 1. The predicted molar refractivity (Wildman–Crippen MR) is 129 cm³/mol. The summed E-state index contributed by atoms with van der Waals surface area (Å²) in [4.78, 5) is 10.6. The largest absolute Gasteiger partial charge is 0.472 e. The molecule has 7 nitrogen and oxygen atoms in total. The van der Waals surface area contributed by atoms with Gasteiger partial charge < -0.3 is 15.0 Å². The molecule has 0 radical (unpaired) electrons. The Morgan fingerprint density at radius 3 is 2.53 bits per heavy atom. The Morgan fingerprint density at radius 2 is 1.83 bits per heavy atom. The third kappa shape index (κ3) is 4.92. The number of piperidine rings is 1. The topological polar surface area (TPSA) is 68.1 Å². The number of aromatic nitrogens is 4. The van der Waals surface area contributed by atoms with Crippen LogP contribution in [-0.2, 0) is 6.18 Å². The van der Waals surface area contributed by atoms with Crippen LogP contribution in [0.15, 0.2) is 24.5 Å². The van der Waals surface area contributed by atoms with Crippen molar-refractivity contribution in [2.24, 2.45) is 0 Å². The molecule has 194 valence electrons. The summed E-state index contributed by atoms with van der Waals surface area (Å²) in [5.41, 5.74) is -0.351. The van der Waals surface area contributed by atoms with Crippen molar-refractivity contribution in [3.8, 4) is 5.88 Å². The van der Waals surface area contributed by atoms with Crippen molar-refractivity contribution in [1.82, 2.24) is 19.7 Å². The normalized spacial score (nSPS) is 21.1. The van der Waals surface area contributed by atoms with E-state index in [9.17, 15) is 17.6 Å². The Morgan fingerprint density at radius 1 is 1.08 bits per heavy atom. The molecule has 0 spiro atoms. The summed E-state index contributed by atoms with van der Waals surface area (Å²) in [5.74, 6) is -0.306. The third-order valence-corrected chi connectivity index (χ3v) is 7.02. The molecule has 11 heteroatoms. The first-order valence-corrected chi connectivity index (χ1v) is 12.6. The summed E-state index contributed by atoms with van der Waals surface area (Å²) in [6.07, 6.45) is 3.66. The fourth-order valence-electron chi connectivity index (χ4n) is 5.20. The second-order valence-corrected chi connectivity index (χ2v) is 9.46. The number of alkyl halides is 3. The van der Waals surface area contributed by atoms with E-state index in [0.29, 0.717) is 31.7 Å². The van der Waals surface area contributed by atoms with Crippen LogP contribution in [0.5, 0.6) is 5.88 Å². The van der Waals surface area contributed by atoms with Crippen LogP contribution >= 0.6 is 0 Å². The van der Waals surface area contributed by atoms with Crippen molar-refractivity contribution in [2.75, 3.05) is 29.9 Å². The minimum atomic E-state index is -4.80. The van der Waals surface area contributed by atoms with Crippen molar-refractivity contribution in [3.05, 3.63) is 35.9 Å². The van der Waals surface area contributed by atoms with Gasteiger partial charge in [-0.2, -0.15) is 18.3 Å². The van der Waals surface area contributed by atoms with Crippen molar-refractivity contribution >= 4 is 22.5 Å². The van der Waals surface area contributed by atoms with Crippen LogP contribution in [-0.4, -0.2) is 45.5 Å². The van der Waals surface area contributed by atoms with E-state index in [4.69, 9.17) is 9.84 Å². The first kappa shape index (κ1) is 24.6. The monoisotopic (exact) mass is 506 g/mol. The first-order chi connectivity index (χ1) is 17.3. The highest BCUT2D eigenvalue weighted by molar-refractivity contribution is 5.91. The Kier molecular flexibility index (Phi) is 6.90. The van der Waals surface area contributed by atoms with E-state index < -0.39 is 29.5 Å². The van der Waals surface area contributed by atoms with E-state index in [1.54, 1.807) is 0 Å². The SMILES string of the molecule is CCNc1cc2c(cn1)c(N1CCCCC1)nn2C1CCC(Oc2nccc(C(F)(F)F)c2F)CC1. The first-order valence-electron chi connectivity index (χ1n) is 12.6. The lowest BCUT2D eigenvalue weighted by atomic mass is 9.93. The fourth-order valence-corrected chi connectivity index (χ4v) is 5.20. The van der Waals surface area contributed by atoms with E-state index in [0.717, 1.165) is 61.2 Å². The maximum absolute atomic E-state index is 14.4. The van der Waals surface area contributed by atoms with Crippen LogP contribution in [0.4, 0.5) is 29.2 Å². The second kappa shape index (κ2) is 10.1. The minimum absolute atomic E-state index is 0.0992. The number of nitrogens with zero attached hydrogens (tertiary/aromatic N) is 5. The summed E-state index contributed by atoms with van der Waals surface area (Å²) in [6, 6.07) is 2.75. The van der Waals surface area contributed by atoms with Crippen LogP contribution in [0.1, 0.15) is 63.5 Å². The summed E-state index contributed by atoms with van der Waals surface area (Å²) in [7, 11) is 0. The Labute approximate surface area is 206 Å². The molecule has 1 aliphatic heterocycles. The molecule has 2 fully saturated rings. The molecule has 3 aromatic heterocycles. The van der Waals surface area contributed by atoms with Gasteiger partial charge in [-0.25, -0.2) is 14.4 Å². The average molecular weight is 507 g/mol. The van der Waals surface area contributed by atoms with Gasteiger partial charge in [-0.3, -0.25) is 4.68 Å². The van der Waals surface area contributed by atoms with Crippen LogP contribution in [0.2, 0.25) is 0 Å². The number of halogens is 4. The standard InChI is InChI=1S/C25H30F4N6O/c1-2-30-21-14-20-18(15-32-21)23(34-12-4-3-5-13-34)33-35(20)16-6-8-17(9-7-16)36-24-22(26)19(10-11-31-24)25(27,28)29/h10-11,14-17H,2-9,12-13H2,1H3,(H,30,32). The third-order valence-electron chi connectivity index (χ3n) is 7.02. The van der Waals surface area contributed by atoms with E-state index in [-0.39, 0.29) is 6.04 Å². The molecule has 0 unspecified atom stereocenters. The van der Waals surface area contributed by atoms with Crippen LogP contribution in [0.3, 0.4) is 0 Å². The van der Waals surface area contributed by atoms with Gasteiger partial charge in [0.25, 0.3) is 5.88 Å². The molecule has 1 saturated carbocycles. The van der Waals surface area contributed by atoms with Gasteiger partial charge in [0.1, 0.15) is 11.9 Å². The fraction of sp³-hybridized carbons (Fsp3) is 0.560. The zero-order valence-electron chi connectivity index (χ0n) is 20.2. The molecule has 1 saturated heterocycles. The second-order valence-electron chi connectivity index (χ2n) is 9.46. The number of rotatable bonds is 6. The Balaban J connectivity index is 1.35. The number of nitrogens with one attached hydrogen (secondary N) is 1. The summed E-state index contributed by atoms with van der Waals surface area (Å²) in [6.45, 7) is 4.72. The molecule has 0 aromatic carbocycles. The number of fused-ring (bicyclic) bond motifs is 1. The Bertz CT molecular complexity index is 1200. The van der Waals surface area contributed by atoms with Gasteiger partial charge in [-0.1, -0.05) is 0 Å². The minimum Gasteiger partial charge on any atom is -0.472 e. The zero-order chi connectivity index (χ0) is 25.3. The quantitative estimate of drug-likeness (QED) is 0.416. The molecule has 0 amide bonds. The zero-order valence-corrected chi connectivity index (χ0v) is 20.2. The lowest BCUT2D eigenvalue weighted by Crippen LogP contribution is -2.30. The van der Waals surface area contributed by atoms with E-state index >= 15 is 0 Å². The number of ether oxygens (including phenoxy) is 1. The number of anilines is 2. The summed E-state index contributed by atoms with van der Waals surface area (Å²) >= 11 is 0. The van der Waals surface area contributed by atoms with Crippen LogP contribution < -0.4 is 15.0 Å². The highest BCUT2D eigenvalue weighted by atomic mass is 19.4. The molecule has 0 bridgehead atoms. The van der Waals surface area contributed by atoms with Crippen molar-refractivity contribution in [1.29, 1.82) is 0 Å².